The summed E-state index contributed by atoms with van der Waals surface area (Å²) in [7, 11) is 6.47. The topological polar surface area (TPSA) is 57.2 Å². The van der Waals surface area contributed by atoms with Crippen molar-refractivity contribution in [2.75, 3.05) is 41.5 Å². The molecular formula is C26H31NO5. The van der Waals surface area contributed by atoms with E-state index in [0.717, 1.165) is 11.1 Å². The van der Waals surface area contributed by atoms with E-state index in [-0.39, 0.29) is 11.8 Å². The van der Waals surface area contributed by atoms with Gasteiger partial charge in [-0.05, 0) is 62.4 Å². The lowest BCUT2D eigenvalue weighted by molar-refractivity contribution is -0.113. The van der Waals surface area contributed by atoms with Gasteiger partial charge in [0.05, 0.1) is 28.4 Å². The Balaban J connectivity index is 2.08. The molecule has 170 valence electrons. The quantitative estimate of drug-likeness (QED) is 0.596. The summed E-state index contributed by atoms with van der Waals surface area (Å²) in [6.45, 7) is 5.37. The fourth-order valence-electron chi connectivity index (χ4n) is 3.71. The van der Waals surface area contributed by atoms with Gasteiger partial charge < -0.3 is 18.9 Å². The molecule has 0 spiro atoms. The highest BCUT2D eigenvalue weighted by Crippen LogP contribution is 2.31. The van der Waals surface area contributed by atoms with E-state index < -0.39 is 0 Å². The zero-order valence-electron chi connectivity index (χ0n) is 19.6. The van der Waals surface area contributed by atoms with Crippen LogP contribution in [-0.4, -0.2) is 58.3 Å². The van der Waals surface area contributed by atoms with Crippen LogP contribution >= 0.6 is 0 Å². The van der Waals surface area contributed by atoms with Gasteiger partial charge in [0.15, 0.2) is 5.78 Å². The van der Waals surface area contributed by atoms with Gasteiger partial charge in [-0.15, -0.1) is 0 Å². The van der Waals surface area contributed by atoms with E-state index in [2.05, 4.69) is 18.7 Å². The van der Waals surface area contributed by atoms with Gasteiger partial charge in [0.1, 0.15) is 23.0 Å². The van der Waals surface area contributed by atoms with Crippen molar-refractivity contribution in [1.29, 1.82) is 0 Å². The van der Waals surface area contributed by atoms with Crippen LogP contribution in [0.25, 0.3) is 12.2 Å². The first-order chi connectivity index (χ1) is 15.4. The van der Waals surface area contributed by atoms with E-state index in [1.807, 2.05) is 48.6 Å². The van der Waals surface area contributed by atoms with E-state index in [1.54, 1.807) is 28.4 Å². The van der Waals surface area contributed by atoms with E-state index in [0.29, 0.717) is 47.2 Å². The van der Waals surface area contributed by atoms with Crippen molar-refractivity contribution in [2.45, 2.75) is 19.9 Å². The number of hydrogen-bond donors (Lipinski definition) is 0. The molecule has 0 N–H and O–H groups in total. The monoisotopic (exact) mass is 437 g/mol. The number of Topliss-reactive ketones (excluding diaryl/α,β-unsaturated/α-hetero) is 1. The Morgan fingerprint density at radius 2 is 1.19 bits per heavy atom. The highest BCUT2D eigenvalue weighted by atomic mass is 16.5. The number of carbonyl (C=O) groups excluding carboxylic acids is 1. The Kier molecular flexibility index (Phi) is 7.59. The average Bonchev–Trinajstić information content (AvgIpc) is 2.81. The summed E-state index contributed by atoms with van der Waals surface area (Å²) in [5.41, 5.74) is 3.01. The molecular weight excluding hydrogens is 406 g/mol. The molecule has 1 heterocycles. The first-order valence-corrected chi connectivity index (χ1v) is 10.5. The van der Waals surface area contributed by atoms with Gasteiger partial charge in [0, 0.05) is 41.4 Å². The second-order valence-electron chi connectivity index (χ2n) is 7.88. The third kappa shape index (κ3) is 5.14. The summed E-state index contributed by atoms with van der Waals surface area (Å²) >= 11 is 0. The first-order valence-electron chi connectivity index (χ1n) is 10.5. The summed E-state index contributed by atoms with van der Waals surface area (Å²) in [5.74, 6) is 2.80. The van der Waals surface area contributed by atoms with Crippen LogP contribution in [0.15, 0.2) is 47.5 Å². The van der Waals surface area contributed by atoms with Crippen molar-refractivity contribution in [1.82, 2.24) is 4.90 Å². The standard InChI is InChI=1S/C26H31NO5/c1-17(2)27-15-20(11-18-13-22(29-3)7-9-24(18)31-5)26(28)21(16-27)12-19-14-23(30-4)8-10-25(19)32-6/h7-14,17H,15-16H2,1-6H3/b20-11+,21-12+. The normalized spacial score (nSPS) is 17.2. The number of hydrogen-bond acceptors (Lipinski definition) is 6. The molecule has 1 aliphatic rings. The fourth-order valence-corrected chi connectivity index (χ4v) is 3.71. The minimum atomic E-state index is 0.0108. The summed E-state index contributed by atoms with van der Waals surface area (Å²) in [4.78, 5) is 15.8. The molecule has 0 atom stereocenters. The number of likely N-dealkylation sites (tertiary alicyclic amines) is 1. The van der Waals surface area contributed by atoms with Crippen molar-refractivity contribution < 1.29 is 23.7 Å². The van der Waals surface area contributed by atoms with E-state index in [1.165, 1.54) is 0 Å². The summed E-state index contributed by atoms with van der Waals surface area (Å²) in [6, 6.07) is 11.4. The van der Waals surface area contributed by atoms with Gasteiger partial charge in [0.25, 0.3) is 0 Å². The van der Waals surface area contributed by atoms with Crippen molar-refractivity contribution in [3.63, 3.8) is 0 Å². The molecule has 1 aliphatic heterocycles. The van der Waals surface area contributed by atoms with E-state index >= 15 is 0 Å². The lowest BCUT2D eigenvalue weighted by Gasteiger charge is -2.33. The smallest absolute Gasteiger partial charge is 0.187 e. The number of carbonyl (C=O) groups is 1. The van der Waals surface area contributed by atoms with Crippen molar-refractivity contribution in [3.8, 4) is 23.0 Å². The Hall–Kier alpha value is -3.25. The molecule has 3 rings (SSSR count). The number of nitrogens with zero attached hydrogens (tertiary/aromatic N) is 1. The van der Waals surface area contributed by atoms with Crippen LogP contribution in [-0.2, 0) is 4.79 Å². The maximum absolute atomic E-state index is 13.5. The SMILES string of the molecule is COc1ccc(OC)c(/C=C2\CN(C(C)C)C/C(=C\c3cc(OC)ccc3OC)C2=O)c1. The number of piperidine rings is 1. The van der Waals surface area contributed by atoms with Gasteiger partial charge in [-0.3, -0.25) is 9.69 Å². The molecule has 0 amide bonds. The molecule has 0 aliphatic carbocycles. The van der Waals surface area contributed by atoms with Crippen LogP contribution in [0.1, 0.15) is 25.0 Å². The van der Waals surface area contributed by atoms with Gasteiger partial charge in [-0.25, -0.2) is 0 Å². The third-order valence-corrected chi connectivity index (χ3v) is 5.59. The minimum Gasteiger partial charge on any atom is -0.497 e. The average molecular weight is 438 g/mol. The van der Waals surface area contributed by atoms with Crippen LogP contribution in [0, 0.1) is 0 Å². The van der Waals surface area contributed by atoms with Gasteiger partial charge in [-0.1, -0.05) is 0 Å². The molecule has 0 saturated carbocycles. The van der Waals surface area contributed by atoms with Crippen LogP contribution < -0.4 is 18.9 Å². The molecule has 0 bridgehead atoms. The highest BCUT2D eigenvalue weighted by Gasteiger charge is 2.28. The predicted octanol–water partition coefficient (Wildman–Crippen LogP) is 4.48. The molecule has 0 aromatic heterocycles. The first kappa shape index (κ1) is 23.4. The number of rotatable bonds is 7. The Labute approximate surface area is 190 Å². The molecule has 0 radical (unpaired) electrons. The zero-order valence-corrected chi connectivity index (χ0v) is 19.6. The second kappa shape index (κ2) is 10.4. The van der Waals surface area contributed by atoms with E-state index in [4.69, 9.17) is 18.9 Å². The van der Waals surface area contributed by atoms with Crippen molar-refractivity contribution in [2.24, 2.45) is 0 Å². The van der Waals surface area contributed by atoms with Crippen LogP contribution in [0.4, 0.5) is 0 Å². The predicted molar refractivity (Wildman–Crippen MR) is 127 cm³/mol. The van der Waals surface area contributed by atoms with Crippen molar-refractivity contribution in [3.05, 3.63) is 58.7 Å². The lowest BCUT2D eigenvalue weighted by Crippen LogP contribution is -2.41. The highest BCUT2D eigenvalue weighted by molar-refractivity contribution is 6.14. The lowest BCUT2D eigenvalue weighted by atomic mass is 9.93. The van der Waals surface area contributed by atoms with Gasteiger partial charge in [-0.2, -0.15) is 0 Å². The van der Waals surface area contributed by atoms with Crippen molar-refractivity contribution >= 4 is 17.9 Å². The number of methoxy groups -OCH3 is 4. The zero-order chi connectivity index (χ0) is 23.3. The fraction of sp³-hybridized carbons (Fsp3) is 0.346. The molecule has 0 unspecified atom stereocenters. The van der Waals surface area contributed by atoms with Crippen LogP contribution in [0.3, 0.4) is 0 Å². The molecule has 1 saturated heterocycles. The van der Waals surface area contributed by atoms with Gasteiger partial charge >= 0.3 is 0 Å². The van der Waals surface area contributed by atoms with Gasteiger partial charge in [0.2, 0.25) is 0 Å². The summed E-state index contributed by atoms with van der Waals surface area (Å²) in [5, 5.41) is 0. The molecule has 6 heteroatoms. The third-order valence-electron chi connectivity index (χ3n) is 5.59. The number of benzene rings is 2. The largest absolute Gasteiger partial charge is 0.497 e. The van der Waals surface area contributed by atoms with Crippen LogP contribution in [0.2, 0.25) is 0 Å². The Morgan fingerprint density at radius 1 is 0.750 bits per heavy atom. The molecule has 6 nitrogen and oxygen atoms in total. The molecule has 32 heavy (non-hydrogen) atoms. The number of ether oxygens (including phenoxy) is 4. The number of ketones is 1. The van der Waals surface area contributed by atoms with Crippen LogP contribution in [0.5, 0.6) is 23.0 Å². The maximum Gasteiger partial charge on any atom is 0.187 e. The second-order valence-corrected chi connectivity index (χ2v) is 7.88. The summed E-state index contributed by atoms with van der Waals surface area (Å²) < 4.78 is 21.7. The molecule has 1 fully saturated rings. The molecule has 2 aromatic carbocycles. The summed E-state index contributed by atoms with van der Waals surface area (Å²) in [6.07, 6.45) is 3.80. The Bertz CT molecular complexity index is 961. The maximum atomic E-state index is 13.5. The minimum absolute atomic E-state index is 0.0108. The van der Waals surface area contributed by atoms with E-state index in [9.17, 15) is 4.79 Å². The Morgan fingerprint density at radius 3 is 1.53 bits per heavy atom. The molecule has 2 aromatic rings.